The second-order valence-corrected chi connectivity index (χ2v) is 8.29. The van der Waals surface area contributed by atoms with E-state index in [2.05, 4.69) is 36.1 Å². The lowest BCUT2D eigenvalue weighted by Gasteiger charge is -2.05. The SMILES string of the molecule is Fc1cccc(Cl)c1Cn1ccc(Nc2nnc(Cc3ccc(-n4cnnn4)cc3)s2)n1. The highest BCUT2D eigenvalue weighted by Crippen LogP contribution is 2.23. The molecule has 0 saturated heterocycles. The van der Waals surface area contributed by atoms with Crippen molar-refractivity contribution in [2.24, 2.45) is 0 Å². The maximum absolute atomic E-state index is 14.0. The van der Waals surface area contributed by atoms with E-state index < -0.39 is 0 Å². The standard InChI is InChI=1S/C20H15ClFN9S/c21-16-2-1-3-17(22)15(16)11-30-9-8-18(27-30)24-20-26-25-19(32-20)10-13-4-6-14(7-5-13)31-12-23-28-29-31/h1-9,12H,10-11H2,(H,24,26,27). The Morgan fingerprint density at radius 2 is 1.94 bits per heavy atom. The fourth-order valence-electron chi connectivity index (χ4n) is 3.07. The van der Waals surface area contributed by atoms with E-state index in [1.165, 1.54) is 17.4 Å². The first kappa shape index (κ1) is 20.2. The largest absolute Gasteiger partial charge is 0.313 e. The number of hydrogen-bond acceptors (Lipinski definition) is 8. The molecule has 2 aromatic carbocycles. The van der Waals surface area contributed by atoms with Gasteiger partial charge in [0.25, 0.3) is 0 Å². The van der Waals surface area contributed by atoms with Gasteiger partial charge in [-0.25, -0.2) is 9.07 Å². The van der Waals surface area contributed by atoms with Crippen molar-refractivity contribution in [2.45, 2.75) is 13.0 Å². The molecule has 1 N–H and O–H groups in total. The molecule has 0 aliphatic rings. The molecule has 160 valence electrons. The lowest BCUT2D eigenvalue weighted by atomic mass is 10.1. The third-order valence-electron chi connectivity index (χ3n) is 4.63. The number of nitrogens with one attached hydrogen (secondary N) is 1. The van der Waals surface area contributed by atoms with Crippen molar-refractivity contribution in [2.75, 3.05) is 5.32 Å². The molecule has 5 rings (SSSR count). The summed E-state index contributed by atoms with van der Waals surface area (Å²) in [5.74, 6) is 0.230. The van der Waals surface area contributed by atoms with E-state index in [1.54, 1.807) is 40.1 Å². The zero-order valence-electron chi connectivity index (χ0n) is 16.4. The first-order valence-corrected chi connectivity index (χ1v) is 10.7. The zero-order valence-corrected chi connectivity index (χ0v) is 18.0. The lowest BCUT2D eigenvalue weighted by molar-refractivity contribution is 0.586. The highest BCUT2D eigenvalue weighted by molar-refractivity contribution is 7.15. The minimum Gasteiger partial charge on any atom is -0.313 e. The number of tetrazole rings is 1. The third kappa shape index (κ3) is 4.48. The van der Waals surface area contributed by atoms with Crippen molar-refractivity contribution < 1.29 is 4.39 Å². The molecule has 0 bridgehead atoms. The molecule has 0 spiro atoms. The topological polar surface area (TPSA) is 99.2 Å². The molecule has 32 heavy (non-hydrogen) atoms. The first-order chi connectivity index (χ1) is 15.6. The second kappa shape index (κ2) is 8.81. The van der Waals surface area contributed by atoms with Gasteiger partial charge in [-0.3, -0.25) is 4.68 Å². The van der Waals surface area contributed by atoms with Crippen LogP contribution in [0, 0.1) is 5.82 Å². The summed E-state index contributed by atoms with van der Waals surface area (Å²) in [5, 5.41) is 29.0. The normalized spacial score (nSPS) is 11.1. The number of benzene rings is 2. The van der Waals surface area contributed by atoms with Gasteiger partial charge in [0.15, 0.2) is 5.82 Å². The number of halogens is 2. The molecule has 12 heteroatoms. The van der Waals surface area contributed by atoms with Gasteiger partial charge >= 0.3 is 0 Å². The van der Waals surface area contributed by atoms with Crippen molar-refractivity contribution in [3.05, 3.63) is 88.0 Å². The summed E-state index contributed by atoms with van der Waals surface area (Å²) in [4.78, 5) is 0. The van der Waals surface area contributed by atoms with Gasteiger partial charge in [-0.1, -0.05) is 41.1 Å². The van der Waals surface area contributed by atoms with E-state index >= 15 is 0 Å². The van der Waals surface area contributed by atoms with Crippen molar-refractivity contribution in [1.29, 1.82) is 0 Å². The van der Waals surface area contributed by atoms with Crippen LogP contribution in [0.25, 0.3) is 5.69 Å². The zero-order chi connectivity index (χ0) is 21.9. The molecule has 0 aliphatic carbocycles. The van der Waals surface area contributed by atoms with Crippen molar-refractivity contribution in [3.8, 4) is 5.69 Å². The molecule has 0 amide bonds. The summed E-state index contributed by atoms with van der Waals surface area (Å²) >= 11 is 7.54. The molecule has 9 nitrogen and oxygen atoms in total. The Balaban J connectivity index is 1.22. The molecular formula is C20H15ClFN9S. The number of nitrogens with zero attached hydrogens (tertiary/aromatic N) is 8. The van der Waals surface area contributed by atoms with Gasteiger partial charge in [0, 0.05) is 29.3 Å². The van der Waals surface area contributed by atoms with Gasteiger partial charge in [0.1, 0.15) is 17.2 Å². The Kier molecular flexibility index (Phi) is 5.57. The highest BCUT2D eigenvalue weighted by atomic mass is 35.5. The van der Waals surface area contributed by atoms with E-state index in [-0.39, 0.29) is 12.4 Å². The summed E-state index contributed by atoms with van der Waals surface area (Å²) in [7, 11) is 0. The monoisotopic (exact) mass is 467 g/mol. The molecule has 0 radical (unpaired) electrons. The van der Waals surface area contributed by atoms with Crippen molar-refractivity contribution in [3.63, 3.8) is 0 Å². The maximum atomic E-state index is 14.0. The summed E-state index contributed by atoms with van der Waals surface area (Å²) in [6, 6.07) is 14.3. The van der Waals surface area contributed by atoms with Gasteiger partial charge in [-0.2, -0.15) is 5.10 Å². The molecule has 0 unspecified atom stereocenters. The summed E-state index contributed by atoms with van der Waals surface area (Å²) < 4.78 is 17.2. The number of hydrogen-bond donors (Lipinski definition) is 1. The van der Waals surface area contributed by atoms with Crippen LogP contribution < -0.4 is 5.32 Å². The number of aromatic nitrogens is 8. The van der Waals surface area contributed by atoms with Crippen LogP contribution in [0.3, 0.4) is 0 Å². The number of rotatable bonds is 7. The van der Waals surface area contributed by atoms with E-state index in [1.807, 2.05) is 24.3 Å². The molecular weight excluding hydrogens is 453 g/mol. The van der Waals surface area contributed by atoms with Crippen LogP contribution >= 0.6 is 22.9 Å². The lowest BCUT2D eigenvalue weighted by Crippen LogP contribution is -2.04. The van der Waals surface area contributed by atoms with Crippen LogP contribution in [-0.4, -0.2) is 40.2 Å². The van der Waals surface area contributed by atoms with E-state index in [0.717, 1.165) is 16.3 Å². The first-order valence-electron chi connectivity index (χ1n) is 9.52. The van der Waals surface area contributed by atoms with Gasteiger partial charge in [0.2, 0.25) is 5.13 Å². The predicted octanol–water partition coefficient (Wildman–Crippen LogP) is 3.89. The van der Waals surface area contributed by atoms with Crippen LogP contribution in [0.5, 0.6) is 0 Å². The summed E-state index contributed by atoms with van der Waals surface area (Å²) in [6.07, 6.45) is 3.94. The summed E-state index contributed by atoms with van der Waals surface area (Å²) in [6.45, 7) is 0.231. The van der Waals surface area contributed by atoms with Crippen molar-refractivity contribution in [1.82, 2.24) is 40.2 Å². The smallest absolute Gasteiger partial charge is 0.211 e. The fourth-order valence-corrected chi connectivity index (χ4v) is 4.07. The number of anilines is 2. The second-order valence-electron chi connectivity index (χ2n) is 6.82. The van der Waals surface area contributed by atoms with Crippen LogP contribution in [0.1, 0.15) is 16.1 Å². The van der Waals surface area contributed by atoms with Crippen molar-refractivity contribution >= 4 is 33.9 Å². The maximum Gasteiger partial charge on any atom is 0.211 e. The molecule has 0 atom stereocenters. The van der Waals surface area contributed by atoms with Gasteiger partial charge in [0.05, 0.1) is 12.2 Å². The van der Waals surface area contributed by atoms with Crippen LogP contribution in [0.15, 0.2) is 61.1 Å². The van der Waals surface area contributed by atoms with Gasteiger partial charge < -0.3 is 5.32 Å². The van der Waals surface area contributed by atoms with E-state index in [4.69, 9.17) is 11.6 Å². The average molecular weight is 468 g/mol. The van der Waals surface area contributed by atoms with E-state index in [9.17, 15) is 4.39 Å². The quantitative estimate of drug-likeness (QED) is 0.387. The molecule has 0 fully saturated rings. The van der Waals surface area contributed by atoms with Crippen LogP contribution in [0.4, 0.5) is 15.3 Å². The Morgan fingerprint density at radius 3 is 2.72 bits per heavy atom. The van der Waals surface area contributed by atoms with Gasteiger partial charge in [-0.15, -0.1) is 15.3 Å². The molecule has 0 aliphatic heterocycles. The summed E-state index contributed by atoms with van der Waals surface area (Å²) in [5.41, 5.74) is 2.37. The van der Waals surface area contributed by atoms with Crippen LogP contribution in [-0.2, 0) is 13.0 Å². The minimum absolute atomic E-state index is 0.231. The predicted molar refractivity (Wildman–Crippen MR) is 118 cm³/mol. The molecule has 5 aromatic rings. The highest BCUT2D eigenvalue weighted by Gasteiger charge is 2.11. The van der Waals surface area contributed by atoms with Gasteiger partial charge in [-0.05, 0) is 40.3 Å². The molecule has 3 aromatic heterocycles. The molecule has 3 heterocycles. The minimum atomic E-state index is -0.359. The average Bonchev–Trinajstić information content (AvgIpc) is 3.55. The Morgan fingerprint density at radius 1 is 1.06 bits per heavy atom. The Bertz CT molecular complexity index is 1310. The molecule has 0 saturated carbocycles. The Hall–Kier alpha value is -3.70. The van der Waals surface area contributed by atoms with Crippen LogP contribution in [0.2, 0.25) is 5.02 Å². The third-order valence-corrected chi connectivity index (χ3v) is 5.82. The fraction of sp³-hybridized carbons (Fsp3) is 0.100. The van der Waals surface area contributed by atoms with E-state index in [0.29, 0.717) is 28.0 Å². The Labute approximate surface area is 190 Å².